The molecule has 2 N–H and O–H groups in total. The molecule has 3 nitrogen and oxygen atoms in total. The number of carbonyl (C=O) groups is 1. The molecule has 0 heterocycles. The molecule has 26 heavy (non-hydrogen) atoms. The van der Waals surface area contributed by atoms with Gasteiger partial charge in [-0.25, -0.2) is 0 Å². The van der Waals surface area contributed by atoms with Gasteiger partial charge in [0.25, 0.3) is 0 Å². The van der Waals surface area contributed by atoms with E-state index in [2.05, 4.69) is 13.8 Å². The quantitative estimate of drug-likeness (QED) is 0.717. The van der Waals surface area contributed by atoms with E-state index in [4.69, 9.17) is 5.11 Å². The Kier molecular flexibility index (Phi) is 4.91. The van der Waals surface area contributed by atoms with E-state index < -0.39 is 5.97 Å². The Labute approximate surface area is 158 Å². The molecule has 4 saturated carbocycles. The summed E-state index contributed by atoms with van der Waals surface area (Å²) in [5.74, 6) is 2.62. The van der Waals surface area contributed by atoms with Crippen molar-refractivity contribution in [3.8, 4) is 0 Å². The van der Waals surface area contributed by atoms with Gasteiger partial charge in [-0.05, 0) is 98.2 Å². The van der Waals surface area contributed by atoms with Crippen LogP contribution in [0.5, 0.6) is 0 Å². The highest BCUT2D eigenvalue weighted by Crippen LogP contribution is 2.67. The van der Waals surface area contributed by atoms with Gasteiger partial charge in [0, 0.05) is 6.42 Å². The zero-order valence-corrected chi connectivity index (χ0v) is 16.8. The van der Waals surface area contributed by atoms with Gasteiger partial charge in [0.2, 0.25) is 0 Å². The normalized spacial score (nSPS) is 50.6. The molecular weight excluding hydrogens is 324 g/mol. The minimum absolute atomic E-state index is 0.0985. The van der Waals surface area contributed by atoms with Gasteiger partial charge in [-0.15, -0.1) is 0 Å². The molecule has 4 aliphatic rings. The third-order valence-corrected chi connectivity index (χ3v) is 9.74. The van der Waals surface area contributed by atoms with E-state index in [1.165, 1.54) is 51.4 Å². The van der Waals surface area contributed by atoms with Crippen LogP contribution >= 0.6 is 0 Å². The van der Waals surface area contributed by atoms with Gasteiger partial charge in [-0.2, -0.15) is 0 Å². The molecule has 0 radical (unpaired) electrons. The number of aliphatic hydroxyl groups excluding tert-OH is 1. The summed E-state index contributed by atoms with van der Waals surface area (Å²) >= 11 is 0. The van der Waals surface area contributed by atoms with Crippen LogP contribution < -0.4 is 0 Å². The number of aliphatic hydroxyl groups is 1. The van der Waals surface area contributed by atoms with Crippen LogP contribution in [0, 0.1) is 40.4 Å². The summed E-state index contributed by atoms with van der Waals surface area (Å²) in [5.41, 5.74) is 0.795. The monoisotopic (exact) mass is 362 g/mol. The Balaban J connectivity index is 1.53. The first-order valence-electron chi connectivity index (χ1n) is 11.3. The molecule has 0 aromatic heterocycles. The first-order chi connectivity index (χ1) is 12.4. The zero-order valence-electron chi connectivity index (χ0n) is 16.8. The average molecular weight is 363 g/mol. The largest absolute Gasteiger partial charge is 0.481 e. The van der Waals surface area contributed by atoms with E-state index in [0.717, 1.165) is 25.2 Å². The van der Waals surface area contributed by atoms with Crippen LogP contribution in [0.15, 0.2) is 0 Å². The Morgan fingerprint density at radius 2 is 1.77 bits per heavy atom. The first kappa shape index (κ1) is 18.8. The molecule has 3 heteroatoms. The number of fused-ring (bicyclic) bond motifs is 5. The molecule has 0 spiro atoms. The third-order valence-electron chi connectivity index (χ3n) is 9.74. The van der Waals surface area contributed by atoms with Crippen LogP contribution in [0.2, 0.25) is 0 Å². The molecule has 4 fully saturated rings. The van der Waals surface area contributed by atoms with Gasteiger partial charge in [-0.1, -0.05) is 26.7 Å². The molecule has 4 unspecified atom stereocenters. The molecule has 148 valence electrons. The lowest BCUT2D eigenvalue weighted by molar-refractivity contribution is -0.162. The highest BCUT2D eigenvalue weighted by atomic mass is 16.4. The molecule has 0 amide bonds. The van der Waals surface area contributed by atoms with Crippen LogP contribution in [0.4, 0.5) is 0 Å². The highest BCUT2D eigenvalue weighted by Gasteiger charge is 2.61. The number of rotatable bonds is 4. The molecular formula is C23H38O3. The van der Waals surface area contributed by atoms with Crippen LogP contribution in [-0.4, -0.2) is 22.3 Å². The van der Waals surface area contributed by atoms with Gasteiger partial charge in [0.15, 0.2) is 0 Å². The van der Waals surface area contributed by atoms with E-state index in [1.807, 2.05) is 0 Å². The maximum absolute atomic E-state index is 11.2. The van der Waals surface area contributed by atoms with E-state index in [0.29, 0.717) is 40.9 Å². The van der Waals surface area contributed by atoms with Crippen molar-refractivity contribution >= 4 is 5.97 Å². The lowest BCUT2D eigenvalue weighted by atomic mass is 9.44. The second-order valence-corrected chi connectivity index (χ2v) is 10.6. The van der Waals surface area contributed by atoms with Gasteiger partial charge >= 0.3 is 5.97 Å². The number of aliphatic carboxylic acids is 1. The maximum Gasteiger partial charge on any atom is 0.303 e. The molecule has 8 atom stereocenters. The Bertz CT molecular complexity index is 546. The van der Waals surface area contributed by atoms with E-state index in [1.54, 1.807) is 0 Å². The third kappa shape index (κ3) is 2.84. The molecule has 4 rings (SSSR count). The molecule has 0 aromatic rings. The van der Waals surface area contributed by atoms with Gasteiger partial charge in [0.1, 0.15) is 0 Å². The van der Waals surface area contributed by atoms with Crippen molar-refractivity contribution in [1.82, 2.24) is 0 Å². The van der Waals surface area contributed by atoms with Crippen LogP contribution in [0.25, 0.3) is 0 Å². The summed E-state index contributed by atoms with van der Waals surface area (Å²) in [7, 11) is 0. The topological polar surface area (TPSA) is 57.5 Å². The molecule has 0 aromatic carbocycles. The average Bonchev–Trinajstić information content (AvgIpc) is 2.92. The lowest BCUT2D eigenvalue weighted by Gasteiger charge is -2.62. The fourth-order valence-corrected chi connectivity index (χ4v) is 8.34. The van der Waals surface area contributed by atoms with Gasteiger partial charge in [-0.3, -0.25) is 4.79 Å². The molecule has 4 aliphatic carbocycles. The number of hydrogen-bond acceptors (Lipinski definition) is 2. The van der Waals surface area contributed by atoms with Gasteiger partial charge in [0.05, 0.1) is 6.10 Å². The molecule has 0 aliphatic heterocycles. The van der Waals surface area contributed by atoms with Crippen LogP contribution in [0.1, 0.15) is 90.9 Å². The van der Waals surface area contributed by atoms with E-state index >= 15 is 0 Å². The molecule has 0 bridgehead atoms. The van der Waals surface area contributed by atoms with Crippen molar-refractivity contribution in [3.63, 3.8) is 0 Å². The van der Waals surface area contributed by atoms with Crippen LogP contribution in [0.3, 0.4) is 0 Å². The summed E-state index contributed by atoms with van der Waals surface area (Å²) < 4.78 is 0. The highest BCUT2D eigenvalue weighted by molar-refractivity contribution is 5.66. The van der Waals surface area contributed by atoms with E-state index in [9.17, 15) is 9.90 Å². The Hall–Kier alpha value is -0.570. The summed E-state index contributed by atoms with van der Waals surface area (Å²) in [6, 6.07) is 0. The maximum atomic E-state index is 11.2. The van der Waals surface area contributed by atoms with Crippen molar-refractivity contribution in [3.05, 3.63) is 0 Å². The van der Waals surface area contributed by atoms with Crippen molar-refractivity contribution in [2.24, 2.45) is 40.4 Å². The van der Waals surface area contributed by atoms with Gasteiger partial charge < -0.3 is 10.2 Å². The van der Waals surface area contributed by atoms with E-state index in [-0.39, 0.29) is 6.10 Å². The summed E-state index contributed by atoms with van der Waals surface area (Å²) in [6.45, 7) is 5.04. The SMILES string of the molecule is C[C@]12CCCCC1C[C@H](O)C1C2CC[C@@]2(C)C1CC[C@@H]2CCCC(=O)O. The van der Waals surface area contributed by atoms with Crippen molar-refractivity contribution in [2.75, 3.05) is 0 Å². The minimum Gasteiger partial charge on any atom is -0.481 e. The fraction of sp³-hybridized carbons (Fsp3) is 0.957. The van der Waals surface area contributed by atoms with Crippen molar-refractivity contribution < 1.29 is 15.0 Å². The smallest absolute Gasteiger partial charge is 0.303 e. The predicted molar refractivity (Wildman–Crippen MR) is 103 cm³/mol. The molecule has 0 saturated heterocycles. The van der Waals surface area contributed by atoms with Crippen molar-refractivity contribution in [2.45, 2.75) is 97.0 Å². The second-order valence-electron chi connectivity index (χ2n) is 10.6. The minimum atomic E-state index is -0.660. The predicted octanol–water partition coefficient (Wildman–Crippen LogP) is 5.26. The van der Waals surface area contributed by atoms with Crippen LogP contribution in [-0.2, 0) is 4.79 Å². The standard InChI is InChI=1S/C23H38O3/c1-22-12-4-3-6-16(22)14-19(24)21-17-10-9-15(7-5-8-20(25)26)23(17,2)13-11-18(21)22/h15-19,21,24H,3-14H2,1-2H3,(H,25,26)/t15-,16?,17?,18?,19-,21?,22-,23+/m0/s1. The summed E-state index contributed by atoms with van der Waals surface area (Å²) in [5, 5.41) is 20.2. The summed E-state index contributed by atoms with van der Waals surface area (Å²) in [6.07, 6.45) is 13.7. The number of carboxylic acids is 1. The Morgan fingerprint density at radius 1 is 1.00 bits per heavy atom. The lowest BCUT2D eigenvalue weighted by Crippen LogP contribution is -2.57. The van der Waals surface area contributed by atoms with Crippen molar-refractivity contribution in [1.29, 1.82) is 0 Å². The first-order valence-corrected chi connectivity index (χ1v) is 11.3. The summed E-state index contributed by atoms with van der Waals surface area (Å²) in [4.78, 5) is 10.9. The Morgan fingerprint density at radius 3 is 2.54 bits per heavy atom. The second kappa shape index (κ2) is 6.79. The number of carboxylic acid groups (broad SMARTS) is 1. The zero-order chi connectivity index (χ0) is 18.5. The fourth-order valence-electron chi connectivity index (χ4n) is 8.34. The number of hydrogen-bond donors (Lipinski definition) is 2.